The van der Waals surface area contributed by atoms with Crippen molar-refractivity contribution in [2.45, 2.75) is 57.0 Å². The van der Waals surface area contributed by atoms with Gasteiger partial charge in [0.25, 0.3) is 0 Å². The smallest absolute Gasteiger partial charge is 0.379 e. The lowest BCUT2D eigenvalue weighted by Crippen LogP contribution is -2.76. The minimum absolute atomic E-state index is 0.0127. The van der Waals surface area contributed by atoms with E-state index in [9.17, 15) is 18.0 Å². The number of halogens is 3. The van der Waals surface area contributed by atoms with Crippen molar-refractivity contribution in [2.24, 2.45) is 13.0 Å². The summed E-state index contributed by atoms with van der Waals surface area (Å²) in [5.74, 6) is 0.386. The van der Waals surface area contributed by atoms with Crippen LogP contribution in [-0.2, 0) is 18.0 Å². The van der Waals surface area contributed by atoms with Gasteiger partial charge in [0, 0.05) is 32.0 Å². The van der Waals surface area contributed by atoms with E-state index in [4.69, 9.17) is 4.74 Å². The fourth-order valence-electron chi connectivity index (χ4n) is 5.05. The van der Waals surface area contributed by atoms with Gasteiger partial charge in [0.15, 0.2) is 5.82 Å². The van der Waals surface area contributed by atoms with E-state index in [0.29, 0.717) is 12.1 Å². The number of hydrogen-bond acceptors (Lipinski definition) is 5. The molecule has 31 heavy (non-hydrogen) atoms. The number of fused-ring (bicyclic) bond motifs is 2. The summed E-state index contributed by atoms with van der Waals surface area (Å²) in [5.41, 5.74) is -1.62. The molecular weight excluding hydrogens is 413 g/mol. The number of aromatic nitrogens is 4. The summed E-state index contributed by atoms with van der Waals surface area (Å²) in [5, 5.41) is 6.65. The Bertz CT molecular complexity index is 994. The molecule has 11 heteroatoms. The summed E-state index contributed by atoms with van der Waals surface area (Å²) < 4.78 is 47.3. The lowest BCUT2D eigenvalue weighted by atomic mass is 9.62. The van der Waals surface area contributed by atoms with Gasteiger partial charge in [0.1, 0.15) is 12.1 Å². The Morgan fingerprint density at radius 1 is 1.35 bits per heavy atom. The molecule has 1 aliphatic heterocycles. The van der Waals surface area contributed by atoms with Crippen LogP contribution in [0.5, 0.6) is 0 Å². The zero-order chi connectivity index (χ0) is 22.6. The minimum Gasteiger partial charge on any atom is -0.379 e. The van der Waals surface area contributed by atoms with E-state index in [1.807, 2.05) is 6.92 Å². The molecule has 2 aromatic heterocycles. The third-order valence-corrected chi connectivity index (χ3v) is 6.42. The molecule has 1 aliphatic carbocycles. The lowest BCUT2D eigenvalue weighted by Gasteiger charge is -2.65. The summed E-state index contributed by atoms with van der Waals surface area (Å²) >= 11 is 0. The molecule has 0 unspecified atom stereocenters. The first-order valence-electron chi connectivity index (χ1n) is 10.1. The van der Waals surface area contributed by atoms with Gasteiger partial charge in [-0.3, -0.25) is 10.00 Å². The van der Waals surface area contributed by atoms with E-state index in [1.54, 1.807) is 19.1 Å². The van der Waals surface area contributed by atoms with Crippen molar-refractivity contribution in [2.75, 3.05) is 12.4 Å². The number of piperidine rings is 1. The first kappa shape index (κ1) is 21.5. The van der Waals surface area contributed by atoms with Crippen LogP contribution >= 0.6 is 0 Å². The van der Waals surface area contributed by atoms with E-state index in [2.05, 4.69) is 27.3 Å². The Morgan fingerprint density at radius 3 is 2.71 bits per heavy atom. The molecule has 4 atom stereocenters. The molecule has 0 spiro atoms. The molecule has 8 nitrogen and oxygen atoms in total. The summed E-state index contributed by atoms with van der Waals surface area (Å²) in [6.45, 7) is 4.10. The van der Waals surface area contributed by atoms with Crippen LogP contribution in [0.3, 0.4) is 0 Å². The number of alkyl halides is 3. The number of hydrogen-bond donors (Lipinski definition) is 1. The first-order chi connectivity index (χ1) is 14.5. The summed E-state index contributed by atoms with van der Waals surface area (Å²) in [7, 11) is 3.18. The van der Waals surface area contributed by atoms with Gasteiger partial charge in [0.2, 0.25) is 0 Å². The normalized spacial score (nSPS) is 26.4. The summed E-state index contributed by atoms with van der Waals surface area (Å²) in [6, 6.07) is 0.854. The van der Waals surface area contributed by atoms with Crippen LogP contribution in [0.2, 0.25) is 0 Å². The molecule has 168 valence electrons. The van der Waals surface area contributed by atoms with Crippen molar-refractivity contribution in [3.05, 3.63) is 24.2 Å². The fourth-order valence-corrected chi connectivity index (χ4v) is 5.05. The Hall–Kier alpha value is -2.69. The molecule has 1 saturated heterocycles. The number of anilines is 1. The maximum absolute atomic E-state index is 13.5. The highest BCUT2D eigenvalue weighted by atomic mass is 19.4. The monoisotopic (exact) mass is 438 g/mol. The van der Waals surface area contributed by atoms with Crippen molar-refractivity contribution < 1.29 is 22.7 Å². The summed E-state index contributed by atoms with van der Waals surface area (Å²) in [4.78, 5) is 22.7. The number of methoxy groups -OCH3 is 1. The number of carbonyl (C=O) groups is 1. The van der Waals surface area contributed by atoms with E-state index in [1.165, 1.54) is 17.1 Å². The predicted octanol–water partition coefficient (Wildman–Crippen LogP) is 3.71. The molecular formula is C20H25F3N6O2. The molecule has 1 N–H and O–H groups in total. The highest BCUT2D eigenvalue weighted by molar-refractivity contribution is 5.91. The first-order valence-corrected chi connectivity index (χ1v) is 10.1. The van der Waals surface area contributed by atoms with Crippen molar-refractivity contribution in [3.63, 3.8) is 0 Å². The topological polar surface area (TPSA) is 85.2 Å². The third-order valence-electron chi connectivity index (χ3n) is 6.42. The number of pyridine rings is 1. The Labute approximate surface area is 177 Å². The number of nitrogens with zero attached hydrogens (tertiary/aromatic N) is 5. The largest absolute Gasteiger partial charge is 0.418 e. The number of carbonyl (C=O) groups excluding carboxylic acids is 1. The van der Waals surface area contributed by atoms with Crippen LogP contribution in [0.1, 0.15) is 38.7 Å². The average molecular weight is 438 g/mol. The molecule has 2 aromatic rings. The Balaban J connectivity index is 1.63. The molecule has 1 saturated carbocycles. The van der Waals surface area contributed by atoms with E-state index in [-0.39, 0.29) is 35.4 Å². The average Bonchev–Trinajstić information content (AvgIpc) is 3.11. The number of urea groups is 1. The number of nitrogens with one attached hydrogen (secondary N) is 1. The minimum atomic E-state index is -4.63. The van der Waals surface area contributed by atoms with Crippen molar-refractivity contribution in [1.29, 1.82) is 0 Å². The number of likely N-dealkylation sites (tertiary alicyclic amines) is 1. The maximum atomic E-state index is 13.5. The second-order valence-corrected chi connectivity index (χ2v) is 8.54. The van der Waals surface area contributed by atoms with Crippen molar-refractivity contribution in [3.8, 4) is 11.4 Å². The van der Waals surface area contributed by atoms with Gasteiger partial charge >= 0.3 is 12.2 Å². The molecule has 2 bridgehead atoms. The standard InChI is InChI=1S/C20H25F3N6O2/c1-11-5-13-8-19(7-11,12(2)31-4)29(13)18(30)26-16-6-14(17-25-10-28(3)27-17)15(9-24-16)20(21,22)23/h6,9-13H,5,7-8H2,1-4H3,(H,24,26,30)/t11-,12-,13+,19-/m1/s1. The Kier molecular flexibility index (Phi) is 5.19. The van der Waals surface area contributed by atoms with Crippen LogP contribution < -0.4 is 5.32 Å². The van der Waals surface area contributed by atoms with Gasteiger partial charge in [0.05, 0.1) is 17.2 Å². The van der Waals surface area contributed by atoms with Gasteiger partial charge in [-0.25, -0.2) is 14.8 Å². The highest BCUT2D eigenvalue weighted by Gasteiger charge is 2.61. The van der Waals surface area contributed by atoms with Crippen molar-refractivity contribution >= 4 is 11.8 Å². The fraction of sp³-hybridized carbons (Fsp3) is 0.600. The molecule has 2 fully saturated rings. The zero-order valence-corrected chi connectivity index (χ0v) is 17.8. The quantitative estimate of drug-likeness (QED) is 0.787. The zero-order valence-electron chi connectivity index (χ0n) is 17.8. The van der Waals surface area contributed by atoms with E-state index in [0.717, 1.165) is 19.3 Å². The Morgan fingerprint density at radius 2 is 2.10 bits per heavy atom. The van der Waals surface area contributed by atoms with E-state index < -0.39 is 17.3 Å². The molecule has 2 amide bonds. The molecule has 2 aliphatic rings. The highest BCUT2D eigenvalue weighted by Crippen LogP contribution is 2.52. The van der Waals surface area contributed by atoms with E-state index >= 15 is 0 Å². The number of ether oxygens (including phenoxy) is 1. The van der Waals surface area contributed by atoms with Gasteiger partial charge in [-0.15, -0.1) is 0 Å². The number of aryl methyl sites for hydroxylation is 1. The lowest BCUT2D eigenvalue weighted by molar-refractivity contribution is -0.155. The number of rotatable bonds is 4. The second-order valence-electron chi connectivity index (χ2n) is 8.54. The van der Waals surface area contributed by atoms with Crippen LogP contribution in [0.15, 0.2) is 18.6 Å². The molecule has 4 rings (SSSR count). The summed E-state index contributed by atoms with van der Waals surface area (Å²) in [6.07, 6.45) is -0.230. The second kappa shape index (κ2) is 7.47. The molecule has 0 aromatic carbocycles. The van der Waals surface area contributed by atoms with Crippen LogP contribution in [0, 0.1) is 5.92 Å². The van der Waals surface area contributed by atoms with Gasteiger partial charge < -0.3 is 9.64 Å². The van der Waals surface area contributed by atoms with Gasteiger partial charge in [-0.1, -0.05) is 6.92 Å². The third kappa shape index (κ3) is 3.64. The maximum Gasteiger partial charge on any atom is 0.418 e. The van der Waals surface area contributed by atoms with Crippen LogP contribution in [-0.4, -0.2) is 55.5 Å². The van der Waals surface area contributed by atoms with Crippen LogP contribution in [0.4, 0.5) is 23.8 Å². The SMILES string of the molecule is CO[C@H](C)[C@@]12C[C@H](C)C[C@@H](C1)N2C(=O)Nc1cc(-c2ncn(C)n2)c(C(F)(F)F)cn1. The van der Waals surface area contributed by atoms with Gasteiger partial charge in [-0.2, -0.15) is 18.3 Å². The van der Waals surface area contributed by atoms with Crippen molar-refractivity contribution in [1.82, 2.24) is 24.6 Å². The predicted molar refractivity (Wildman–Crippen MR) is 106 cm³/mol. The van der Waals surface area contributed by atoms with Gasteiger partial charge in [-0.05, 0) is 38.2 Å². The molecule has 0 radical (unpaired) electrons. The number of amides is 2. The van der Waals surface area contributed by atoms with Crippen LogP contribution in [0.25, 0.3) is 11.4 Å². The molecule has 3 heterocycles.